The Morgan fingerprint density at radius 1 is 1.62 bits per heavy atom. The summed E-state index contributed by atoms with van der Waals surface area (Å²) in [5.41, 5.74) is 6.30. The molecule has 0 atom stereocenters. The molecule has 0 bridgehead atoms. The first-order chi connectivity index (χ1) is 7.45. The third kappa shape index (κ3) is 2.16. The molecule has 0 radical (unpaired) electrons. The first-order valence-electron chi connectivity index (χ1n) is 4.76. The van der Waals surface area contributed by atoms with Crippen LogP contribution in [0.15, 0.2) is 17.6 Å². The van der Waals surface area contributed by atoms with E-state index in [2.05, 4.69) is 16.8 Å². The maximum atomic E-state index is 12.1. The number of aromatic amines is 1. The average Bonchev–Trinajstić information content (AvgIpc) is 2.60. The van der Waals surface area contributed by atoms with Gasteiger partial charge in [-0.1, -0.05) is 6.08 Å². The Kier molecular flexibility index (Phi) is 3.84. The minimum Gasteiger partial charge on any atom is -0.325 e. The van der Waals surface area contributed by atoms with Crippen molar-refractivity contribution in [2.75, 3.05) is 13.6 Å². The van der Waals surface area contributed by atoms with Crippen LogP contribution < -0.4 is 5.73 Å². The van der Waals surface area contributed by atoms with Crippen molar-refractivity contribution in [1.29, 1.82) is 0 Å². The molecule has 90 valence electrons. The Labute approximate surface area is 95.2 Å². The summed E-state index contributed by atoms with van der Waals surface area (Å²) in [7, 11) is -2.05. The van der Waals surface area contributed by atoms with E-state index < -0.39 is 10.0 Å². The fourth-order valence-corrected chi connectivity index (χ4v) is 2.86. The van der Waals surface area contributed by atoms with E-state index in [4.69, 9.17) is 5.73 Å². The highest BCUT2D eigenvalue weighted by Gasteiger charge is 2.27. The number of nitrogens with zero attached hydrogens (tertiary/aromatic N) is 2. The molecule has 16 heavy (non-hydrogen) atoms. The number of hydrogen-bond acceptors (Lipinski definition) is 4. The second kappa shape index (κ2) is 4.77. The predicted molar refractivity (Wildman–Crippen MR) is 61.2 cm³/mol. The van der Waals surface area contributed by atoms with E-state index in [1.807, 2.05) is 0 Å². The standard InChI is InChI=1S/C9H16N4O2S/c1-4-5-13(3)16(14,15)9-7(2)11-12-8(9)6-10/h4H,1,5-6,10H2,2-3H3,(H,11,12). The van der Waals surface area contributed by atoms with Gasteiger partial charge in [0.05, 0.1) is 11.4 Å². The Morgan fingerprint density at radius 3 is 2.75 bits per heavy atom. The van der Waals surface area contributed by atoms with Gasteiger partial charge in [0, 0.05) is 20.1 Å². The molecule has 0 aliphatic heterocycles. The molecular formula is C9H16N4O2S. The second-order valence-electron chi connectivity index (χ2n) is 3.40. The summed E-state index contributed by atoms with van der Waals surface area (Å²) in [6, 6.07) is 0. The van der Waals surface area contributed by atoms with Crippen molar-refractivity contribution in [3.63, 3.8) is 0 Å². The monoisotopic (exact) mass is 244 g/mol. The molecule has 1 aromatic heterocycles. The van der Waals surface area contributed by atoms with Crippen LogP contribution in [0.5, 0.6) is 0 Å². The highest BCUT2D eigenvalue weighted by atomic mass is 32.2. The Hall–Kier alpha value is -1.18. The number of sulfonamides is 1. The van der Waals surface area contributed by atoms with E-state index in [0.717, 1.165) is 0 Å². The number of nitrogens with two attached hydrogens (primary N) is 1. The summed E-state index contributed by atoms with van der Waals surface area (Å²) in [6.07, 6.45) is 1.52. The van der Waals surface area contributed by atoms with Crippen LogP contribution in [0.2, 0.25) is 0 Å². The highest BCUT2D eigenvalue weighted by Crippen LogP contribution is 2.20. The van der Waals surface area contributed by atoms with Crippen molar-refractivity contribution in [1.82, 2.24) is 14.5 Å². The summed E-state index contributed by atoms with van der Waals surface area (Å²) in [5.74, 6) is 0. The third-order valence-electron chi connectivity index (χ3n) is 2.21. The van der Waals surface area contributed by atoms with E-state index in [1.54, 1.807) is 6.92 Å². The summed E-state index contributed by atoms with van der Waals surface area (Å²) >= 11 is 0. The molecule has 1 aromatic rings. The largest absolute Gasteiger partial charge is 0.325 e. The second-order valence-corrected chi connectivity index (χ2v) is 5.38. The van der Waals surface area contributed by atoms with Crippen molar-refractivity contribution in [2.24, 2.45) is 5.73 Å². The molecule has 0 aromatic carbocycles. The van der Waals surface area contributed by atoms with Gasteiger partial charge in [-0.3, -0.25) is 5.10 Å². The Bertz CT molecular complexity index is 478. The molecule has 7 heteroatoms. The molecule has 0 unspecified atom stereocenters. The lowest BCUT2D eigenvalue weighted by molar-refractivity contribution is 0.498. The molecule has 6 nitrogen and oxygen atoms in total. The van der Waals surface area contributed by atoms with E-state index in [9.17, 15) is 8.42 Å². The van der Waals surface area contributed by atoms with Crippen molar-refractivity contribution >= 4 is 10.0 Å². The fraction of sp³-hybridized carbons (Fsp3) is 0.444. The third-order valence-corrected chi connectivity index (χ3v) is 4.24. The van der Waals surface area contributed by atoms with Crippen LogP contribution in [0.25, 0.3) is 0 Å². The molecule has 0 saturated carbocycles. The summed E-state index contributed by atoms with van der Waals surface area (Å²) in [4.78, 5) is 0.166. The number of H-pyrrole nitrogens is 1. The predicted octanol–water partition coefficient (Wildman–Crippen LogP) is -0.0167. The van der Waals surface area contributed by atoms with Gasteiger partial charge in [-0.25, -0.2) is 8.42 Å². The number of aromatic nitrogens is 2. The van der Waals surface area contributed by atoms with Crippen LogP contribution >= 0.6 is 0 Å². The summed E-state index contributed by atoms with van der Waals surface area (Å²) in [6.45, 7) is 5.49. The van der Waals surface area contributed by atoms with Crippen LogP contribution in [0.4, 0.5) is 0 Å². The molecule has 0 fully saturated rings. The summed E-state index contributed by atoms with van der Waals surface area (Å²) in [5, 5.41) is 6.49. The first kappa shape index (κ1) is 12.9. The van der Waals surface area contributed by atoms with Gasteiger partial charge in [-0.15, -0.1) is 6.58 Å². The molecule has 0 saturated heterocycles. The first-order valence-corrected chi connectivity index (χ1v) is 6.20. The molecule has 0 aliphatic carbocycles. The molecule has 0 amide bonds. The van der Waals surface area contributed by atoms with Gasteiger partial charge in [-0.2, -0.15) is 9.40 Å². The Morgan fingerprint density at radius 2 is 2.25 bits per heavy atom. The number of hydrogen-bond donors (Lipinski definition) is 2. The van der Waals surface area contributed by atoms with Gasteiger partial charge < -0.3 is 5.73 Å². The maximum Gasteiger partial charge on any atom is 0.246 e. The van der Waals surface area contributed by atoms with Gasteiger partial charge in [0.15, 0.2) is 0 Å². The van der Waals surface area contributed by atoms with E-state index in [1.165, 1.54) is 17.4 Å². The van der Waals surface area contributed by atoms with Crippen molar-refractivity contribution in [3.8, 4) is 0 Å². The fourth-order valence-electron chi connectivity index (χ4n) is 1.39. The van der Waals surface area contributed by atoms with Gasteiger partial charge in [0.2, 0.25) is 10.0 Å². The lowest BCUT2D eigenvalue weighted by atomic mass is 10.4. The zero-order valence-corrected chi connectivity index (χ0v) is 10.2. The molecular weight excluding hydrogens is 228 g/mol. The van der Waals surface area contributed by atoms with Crippen LogP contribution in [-0.4, -0.2) is 36.5 Å². The lowest BCUT2D eigenvalue weighted by Crippen LogP contribution is -2.28. The van der Waals surface area contributed by atoms with Gasteiger partial charge in [0.25, 0.3) is 0 Å². The van der Waals surface area contributed by atoms with Gasteiger partial charge in [0.1, 0.15) is 4.90 Å². The normalized spacial score (nSPS) is 12.0. The lowest BCUT2D eigenvalue weighted by Gasteiger charge is -2.15. The zero-order chi connectivity index (χ0) is 12.3. The number of aryl methyl sites for hydroxylation is 1. The molecule has 1 heterocycles. The topological polar surface area (TPSA) is 92.1 Å². The smallest absolute Gasteiger partial charge is 0.246 e. The molecule has 0 spiro atoms. The average molecular weight is 244 g/mol. The van der Waals surface area contributed by atoms with Crippen LogP contribution in [-0.2, 0) is 16.6 Å². The highest BCUT2D eigenvalue weighted by molar-refractivity contribution is 7.89. The van der Waals surface area contributed by atoms with E-state index in [0.29, 0.717) is 11.4 Å². The van der Waals surface area contributed by atoms with Crippen molar-refractivity contribution < 1.29 is 8.42 Å². The minimum absolute atomic E-state index is 0.0842. The molecule has 0 aliphatic rings. The minimum atomic E-state index is -3.54. The van der Waals surface area contributed by atoms with E-state index in [-0.39, 0.29) is 18.0 Å². The van der Waals surface area contributed by atoms with Gasteiger partial charge in [-0.05, 0) is 6.92 Å². The SMILES string of the molecule is C=CCN(C)S(=O)(=O)c1c(CN)n[nH]c1C. The number of nitrogens with one attached hydrogen (secondary N) is 1. The van der Waals surface area contributed by atoms with Gasteiger partial charge >= 0.3 is 0 Å². The van der Waals surface area contributed by atoms with Crippen LogP contribution in [0.3, 0.4) is 0 Å². The number of likely N-dealkylation sites (N-methyl/N-ethyl adjacent to an activating group) is 1. The maximum absolute atomic E-state index is 12.1. The van der Waals surface area contributed by atoms with E-state index >= 15 is 0 Å². The van der Waals surface area contributed by atoms with Crippen molar-refractivity contribution in [2.45, 2.75) is 18.4 Å². The van der Waals surface area contributed by atoms with Crippen LogP contribution in [0.1, 0.15) is 11.4 Å². The number of rotatable bonds is 5. The summed E-state index contributed by atoms with van der Waals surface area (Å²) < 4.78 is 25.5. The zero-order valence-electron chi connectivity index (χ0n) is 9.40. The quantitative estimate of drug-likeness (QED) is 0.712. The van der Waals surface area contributed by atoms with Crippen molar-refractivity contribution in [3.05, 3.63) is 24.0 Å². The Balaban J connectivity index is 3.26. The molecule has 3 N–H and O–H groups in total. The molecule has 1 rings (SSSR count). The van der Waals surface area contributed by atoms with Crippen LogP contribution in [0, 0.1) is 6.92 Å².